The van der Waals surface area contributed by atoms with Crippen molar-refractivity contribution in [2.45, 2.75) is 77.8 Å². The number of carboxylic acid groups (broad SMARTS) is 2. The summed E-state index contributed by atoms with van der Waals surface area (Å²) in [6.45, 7) is 4.47. The minimum atomic E-state index is -1.09. The molecule has 2 rings (SSSR count). The zero-order valence-electron chi connectivity index (χ0n) is 18.8. The van der Waals surface area contributed by atoms with Crippen LogP contribution in [0, 0.1) is 0 Å². The molecule has 8 nitrogen and oxygen atoms in total. The van der Waals surface area contributed by atoms with E-state index in [1.807, 2.05) is 11.5 Å². The summed E-state index contributed by atoms with van der Waals surface area (Å²) in [5, 5.41) is 21.3. The van der Waals surface area contributed by atoms with Crippen LogP contribution >= 0.6 is 0 Å². The summed E-state index contributed by atoms with van der Waals surface area (Å²) in [6.07, 6.45) is 7.86. The maximum absolute atomic E-state index is 12.0. The van der Waals surface area contributed by atoms with E-state index in [0.29, 0.717) is 13.0 Å². The van der Waals surface area contributed by atoms with Gasteiger partial charge in [-0.3, -0.25) is 4.79 Å². The van der Waals surface area contributed by atoms with Gasteiger partial charge in [0.25, 0.3) is 0 Å². The third-order valence-electron chi connectivity index (χ3n) is 5.34. The highest BCUT2D eigenvalue weighted by Crippen LogP contribution is 2.16. The monoisotopic (exact) mass is 443 g/mol. The maximum atomic E-state index is 12.0. The Kier molecular flexibility index (Phi) is 9.91. The van der Waals surface area contributed by atoms with Gasteiger partial charge in [-0.25, -0.2) is 14.6 Å². The van der Waals surface area contributed by atoms with Gasteiger partial charge >= 0.3 is 11.9 Å². The lowest BCUT2D eigenvalue weighted by Crippen LogP contribution is -2.42. The van der Waals surface area contributed by atoms with Crippen LogP contribution in [-0.2, 0) is 29.0 Å². The van der Waals surface area contributed by atoms with E-state index in [0.717, 1.165) is 49.2 Å². The molecule has 0 fully saturated rings. The molecule has 174 valence electrons. The van der Waals surface area contributed by atoms with Crippen molar-refractivity contribution < 1.29 is 24.6 Å². The zero-order chi connectivity index (χ0) is 23.5. The molecule has 0 saturated carbocycles. The molecule has 8 heteroatoms. The Morgan fingerprint density at radius 2 is 1.75 bits per heavy atom. The second-order valence-corrected chi connectivity index (χ2v) is 7.98. The van der Waals surface area contributed by atoms with Crippen LogP contribution in [0.1, 0.15) is 79.8 Å². The molecule has 1 aromatic heterocycles. The van der Waals surface area contributed by atoms with Crippen LogP contribution in [0.3, 0.4) is 0 Å². The molecule has 1 atom stereocenters. The fraction of sp³-hybridized carbons (Fsp3) is 0.500. The van der Waals surface area contributed by atoms with E-state index in [2.05, 4.69) is 17.2 Å². The molecule has 0 saturated heterocycles. The van der Waals surface area contributed by atoms with E-state index in [4.69, 9.17) is 5.11 Å². The first-order chi connectivity index (χ1) is 15.3. The number of hydrogen-bond acceptors (Lipinski definition) is 4. The number of hydrogen-bond donors (Lipinski definition) is 3. The van der Waals surface area contributed by atoms with Gasteiger partial charge in [-0.05, 0) is 30.5 Å². The number of unbranched alkanes of at least 4 members (excludes halogenated alkanes) is 3. The summed E-state index contributed by atoms with van der Waals surface area (Å²) in [5.41, 5.74) is 1.83. The normalized spacial score (nSPS) is 11.8. The molecule has 1 aromatic carbocycles. The van der Waals surface area contributed by atoms with E-state index in [-0.39, 0.29) is 24.3 Å². The highest BCUT2D eigenvalue weighted by Gasteiger charge is 2.23. The van der Waals surface area contributed by atoms with Crippen LogP contribution in [0.5, 0.6) is 0 Å². The molecule has 1 amide bonds. The molecule has 0 unspecified atom stereocenters. The van der Waals surface area contributed by atoms with Crippen LogP contribution in [-0.4, -0.2) is 43.7 Å². The predicted molar refractivity (Wildman–Crippen MR) is 121 cm³/mol. The van der Waals surface area contributed by atoms with E-state index >= 15 is 0 Å². The zero-order valence-corrected chi connectivity index (χ0v) is 18.8. The average Bonchev–Trinajstić information content (AvgIpc) is 3.12. The number of nitrogens with zero attached hydrogens (tertiary/aromatic N) is 2. The quantitative estimate of drug-likeness (QED) is 0.383. The lowest BCUT2D eigenvalue weighted by molar-refractivity contribution is -0.141. The van der Waals surface area contributed by atoms with E-state index in [9.17, 15) is 19.5 Å². The molecular weight excluding hydrogens is 410 g/mol. The minimum Gasteiger partial charge on any atom is -0.480 e. The summed E-state index contributed by atoms with van der Waals surface area (Å²) in [7, 11) is 0. The molecule has 0 radical (unpaired) electrons. The first-order valence-electron chi connectivity index (χ1n) is 11.2. The molecule has 0 bridgehead atoms. The summed E-state index contributed by atoms with van der Waals surface area (Å²) in [5.74, 6) is -1.49. The van der Waals surface area contributed by atoms with Crippen LogP contribution in [0.15, 0.2) is 30.5 Å². The number of amides is 1. The molecule has 2 aromatic rings. The van der Waals surface area contributed by atoms with Gasteiger partial charge in [-0.1, -0.05) is 45.2 Å². The molecule has 3 N–H and O–H groups in total. The number of aliphatic carboxylic acids is 1. The number of carbonyl (C=O) groups excluding carboxylic acids is 1. The first kappa shape index (κ1) is 25.1. The van der Waals surface area contributed by atoms with Gasteiger partial charge in [0.15, 0.2) is 0 Å². The number of carbonyl (C=O) groups is 3. The molecule has 32 heavy (non-hydrogen) atoms. The molecule has 0 aliphatic rings. The number of nitrogens with one attached hydrogen (secondary N) is 1. The van der Waals surface area contributed by atoms with Crippen molar-refractivity contribution in [3.8, 4) is 0 Å². The van der Waals surface area contributed by atoms with Crippen molar-refractivity contribution >= 4 is 17.8 Å². The van der Waals surface area contributed by atoms with E-state index < -0.39 is 18.0 Å². The number of imidazole rings is 1. The second kappa shape index (κ2) is 12.6. The summed E-state index contributed by atoms with van der Waals surface area (Å²) in [6, 6.07) is 5.59. The Morgan fingerprint density at radius 3 is 2.34 bits per heavy atom. The average molecular weight is 444 g/mol. The molecule has 0 spiro atoms. The number of aromatic nitrogens is 2. The van der Waals surface area contributed by atoms with Crippen LogP contribution in [0.25, 0.3) is 0 Å². The maximum Gasteiger partial charge on any atom is 0.335 e. The Balaban J connectivity index is 2.26. The Morgan fingerprint density at radius 1 is 1.03 bits per heavy atom. The van der Waals surface area contributed by atoms with Crippen LogP contribution < -0.4 is 5.32 Å². The van der Waals surface area contributed by atoms with Crippen molar-refractivity contribution in [2.75, 3.05) is 0 Å². The Hall–Kier alpha value is -3.16. The number of benzene rings is 1. The Bertz CT molecular complexity index is 905. The number of carboxylic acids is 2. The summed E-state index contributed by atoms with van der Waals surface area (Å²) < 4.78 is 1.99. The van der Waals surface area contributed by atoms with Gasteiger partial charge < -0.3 is 20.1 Å². The standard InChI is InChI=1S/C24H33N3O5/c1-3-5-6-7-9-21-25-15-19(14-20(24(31)32)26-22(28)8-4-2)27(21)16-17-10-12-18(13-11-17)23(29)30/h10-13,15,20H,3-9,14,16H2,1-2H3,(H,26,28)(H,29,30)(H,31,32)/t20-/m0/s1. The summed E-state index contributed by atoms with van der Waals surface area (Å²) in [4.78, 5) is 39.4. The van der Waals surface area contributed by atoms with Crippen molar-refractivity contribution in [1.29, 1.82) is 0 Å². The molecular formula is C24H33N3O5. The summed E-state index contributed by atoms with van der Waals surface area (Å²) >= 11 is 0. The fourth-order valence-electron chi connectivity index (χ4n) is 3.56. The van der Waals surface area contributed by atoms with Crippen LogP contribution in [0.4, 0.5) is 0 Å². The third-order valence-corrected chi connectivity index (χ3v) is 5.34. The van der Waals surface area contributed by atoms with Crippen molar-refractivity contribution in [3.05, 3.63) is 53.1 Å². The highest BCUT2D eigenvalue weighted by molar-refractivity contribution is 5.87. The molecule has 0 aliphatic carbocycles. The van der Waals surface area contributed by atoms with Crippen LogP contribution in [0.2, 0.25) is 0 Å². The largest absolute Gasteiger partial charge is 0.480 e. The number of rotatable bonds is 14. The highest BCUT2D eigenvalue weighted by atomic mass is 16.4. The molecule has 1 heterocycles. The Labute approximate surface area is 188 Å². The number of aryl methyl sites for hydroxylation is 1. The SMILES string of the molecule is CCCCCCc1ncc(C[C@H](NC(=O)CCC)C(=O)O)n1Cc1ccc(C(=O)O)cc1. The van der Waals surface area contributed by atoms with Crippen molar-refractivity contribution in [3.63, 3.8) is 0 Å². The van der Waals surface area contributed by atoms with E-state index in [1.54, 1.807) is 30.5 Å². The van der Waals surface area contributed by atoms with Gasteiger partial charge in [0.05, 0.1) is 5.56 Å². The van der Waals surface area contributed by atoms with Crippen molar-refractivity contribution in [1.82, 2.24) is 14.9 Å². The van der Waals surface area contributed by atoms with E-state index in [1.165, 1.54) is 0 Å². The van der Waals surface area contributed by atoms with Gasteiger partial charge in [-0.2, -0.15) is 0 Å². The van der Waals surface area contributed by atoms with Gasteiger partial charge in [0.2, 0.25) is 5.91 Å². The molecule has 0 aliphatic heterocycles. The fourth-order valence-corrected chi connectivity index (χ4v) is 3.56. The van der Waals surface area contributed by atoms with Gasteiger partial charge in [0, 0.05) is 37.7 Å². The van der Waals surface area contributed by atoms with Gasteiger partial charge in [0.1, 0.15) is 11.9 Å². The number of aromatic carboxylic acids is 1. The third kappa shape index (κ3) is 7.51. The first-order valence-corrected chi connectivity index (χ1v) is 11.2. The topological polar surface area (TPSA) is 122 Å². The minimum absolute atomic E-state index is 0.125. The van der Waals surface area contributed by atoms with Gasteiger partial charge in [-0.15, -0.1) is 0 Å². The lowest BCUT2D eigenvalue weighted by atomic mass is 10.1. The smallest absolute Gasteiger partial charge is 0.335 e. The second-order valence-electron chi connectivity index (χ2n) is 7.98. The lowest BCUT2D eigenvalue weighted by Gasteiger charge is -2.17. The predicted octanol–water partition coefficient (Wildman–Crippen LogP) is 3.66. The van der Waals surface area contributed by atoms with Crippen molar-refractivity contribution in [2.24, 2.45) is 0 Å².